The molecule has 1 aromatic heterocycles. The summed E-state index contributed by atoms with van der Waals surface area (Å²) >= 11 is 6.90. The van der Waals surface area contributed by atoms with Crippen LogP contribution in [0, 0.1) is 0 Å². The molecule has 7 heteroatoms. The van der Waals surface area contributed by atoms with E-state index in [9.17, 15) is 4.79 Å². The van der Waals surface area contributed by atoms with E-state index in [0.717, 1.165) is 11.7 Å². The number of aromatic nitrogens is 2. The van der Waals surface area contributed by atoms with Gasteiger partial charge in [-0.2, -0.15) is 8.75 Å². The lowest BCUT2D eigenvalue weighted by atomic mass is 10.2. The van der Waals surface area contributed by atoms with Gasteiger partial charge in [0.15, 0.2) is 5.15 Å². The molecule has 17 heavy (non-hydrogen) atoms. The topological polar surface area (TPSA) is 55.3 Å². The fourth-order valence-electron chi connectivity index (χ4n) is 1.11. The Morgan fingerprint density at radius 2 is 2.06 bits per heavy atom. The predicted molar refractivity (Wildman–Crippen MR) is 67.3 cm³/mol. The van der Waals surface area contributed by atoms with Gasteiger partial charge in [0.25, 0.3) is 0 Å². The number of amides is 1. The maximum atomic E-state index is 11.8. The first-order valence-electron chi connectivity index (χ1n) is 5.16. The maximum absolute atomic E-state index is 11.8. The summed E-state index contributed by atoms with van der Waals surface area (Å²) in [7, 11) is 1.65. The number of halogens is 1. The van der Waals surface area contributed by atoms with Gasteiger partial charge in [0.05, 0.1) is 17.8 Å². The highest BCUT2D eigenvalue weighted by Gasteiger charge is 2.26. The minimum Gasteiger partial charge on any atom is -0.444 e. The molecule has 0 aromatic carbocycles. The van der Waals surface area contributed by atoms with Crippen LogP contribution in [0.2, 0.25) is 5.15 Å². The van der Waals surface area contributed by atoms with Crippen LogP contribution in [0.3, 0.4) is 0 Å². The number of ether oxygens (including phenoxy) is 1. The molecule has 0 aliphatic rings. The molecule has 1 atom stereocenters. The van der Waals surface area contributed by atoms with Crippen molar-refractivity contribution in [3.05, 3.63) is 10.8 Å². The van der Waals surface area contributed by atoms with Crippen LogP contribution < -0.4 is 0 Å². The van der Waals surface area contributed by atoms with Gasteiger partial charge in [-0.05, 0) is 27.7 Å². The Morgan fingerprint density at radius 1 is 1.47 bits per heavy atom. The van der Waals surface area contributed by atoms with E-state index < -0.39 is 11.7 Å². The fraction of sp³-hybridized carbons (Fsp3) is 0.700. The van der Waals surface area contributed by atoms with E-state index in [-0.39, 0.29) is 6.04 Å². The molecule has 0 radical (unpaired) electrons. The molecule has 0 saturated heterocycles. The van der Waals surface area contributed by atoms with Gasteiger partial charge in [-0.15, -0.1) is 0 Å². The molecule has 1 unspecified atom stereocenters. The number of carbonyl (C=O) groups excluding carboxylic acids is 1. The molecular formula is C10H16ClN3O2S. The van der Waals surface area contributed by atoms with Gasteiger partial charge < -0.3 is 9.64 Å². The molecule has 0 N–H and O–H groups in total. The van der Waals surface area contributed by atoms with Gasteiger partial charge in [0.1, 0.15) is 11.3 Å². The summed E-state index contributed by atoms with van der Waals surface area (Å²) in [5.74, 6) is 0. The summed E-state index contributed by atoms with van der Waals surface area (Å²) in [5.41, 5.74) is 0.0693. The third-order valence-electron chi connectivity index (χ3n) is 2.13. The highest BCUT2D eigenvalue weighted by atomic mass is 35.5. The lowest BCUT2D eigenvalue weighted by Crippen LogP contribution is -2.35. The maximum Gasteiger partial charge on any atom is 0.410 e. The van der Waals surface area contributed by atoms with Crippen molar-refractivity contribution < 1.29 is 9.53 Å². The minimum absolute atomic E-state index is 0.268. The normalized spacial score (nSPS) is 13.3. The van der Waals surface area contributed by atoms with E-state index in [4.69, 9.17) is 16.3 Å². The molecule has 0 bridgehead atoms. The quantitative estimate of drug-likeness (QED) is 0.833. The standard InChI is InChI=1S/C10H16ClN3O2S/c1-6(7-8(11)13-17-12-7)14(5)9(15)16-10(2,3)4/h6H,1-5H3. The van der Waals surface area contributed by atoms with Crippen molar-refractivity contribution in [2.45, 2.75) is 39.3 Å². The zero-order chi connectivity index (χ0) is 13.2. The van der Waals surface area contributed by atoms with Crippen LogP contribution in [0.25, 0.3) is 0 Å². The van der Waals surface area contributed by atoms with Crippen LogP contribution in [0.15, 0.2) is 0 Å². The van der Waals surface area contributed by atoms with Crippen molar-refractivity contribution in [3.8, 4) is 0 Å². The lowest BCUT2D eigenvalue weighted by Gasteiger charge is -2.27. The van der Waals surface area contributed by atoms with Gasteiger partial charge in [-0.1, -0.05) is 11.6 Å². The first-order valence-corrected chi connectivity index (χ1v) is 6.27. The molecule has 0 aliphatic carbocycles. The lowest BCUT2D eigenvalue weighted by molar-refractivity contribution is 0.0231. The van der Waals surface area contributed by atoms with Gasteiger partial charge >= 0.3 is 6.09 Å². The Kier molecular flexibility index (Phi) is 4.32. The first kappa shape index (κ1) is 14.2. The first-order chi connectivity index (χ1) is 7.72. The Labute approximate surface area is 110 Å². The van der Waals surface area contributed by atoms with Crippen LogP contribution in [-0.2, 0) is 4.74 Å². The molecule has 0 fully saturated rings. The summed E-state index contributed by atoms with van der Waals surface area (Å²) < 4.78 is 13.2. The van der Waals surface area contributed by atoms with E-state index in [2.05, 4.69) is 8.75 Å². The van der Waals surface area contributed by atoms with Crippen LogP contribution in [0.1, 0.15) is 39.4 Å². The average Bonchev–Trinajstić information content (AvgIpc) is 2.59. The third-order valence-corrected chi connectivity index (χ3v) is 3.05. The zero-order valence-electron chi connectivity index (χ0n) is 10.5. The fourth-order valence-corrected chi connectivity index (χ4v) is 1.98. The van der Waals surface area contributed by atoms with Crippen LogP contribution >= 0.6 is 23.3 Å². The molecule has 1 rings (SSSR count). The number of rotatable bonds is 2. The van der Waals surface area contributed by atoms with Gasteiger partial charge in [0.2, 0.25) is 0 Å². The molecule has 0 saturated carbocycles. The second-order valence-electron chi connectivity index (χ2n) is 4.71. The summed E-state index contributed by atoms with van der Waals surface area (Å²) in [5, 5.41) is 0.331. The molecular weight excluding hydrogens is 262 g/mol. The van der Waals surface area contributed by atoms with Crippen molar-refractivity contribution in [1.29, 1.82) is 0 Å². The molecule has 5 nitrogen and oxygen atoms in total. The SMILES string of the molecule is CC(c1nsnc1Cl)N(C)C(=O)OC(C)(C)C. The second-order valence-corrected chi connectivity index (χ2v) is 5.59. The second kappa shape index (κ2) is 5.18. The monoisotopic (exact) mass is 277 g/mol. The van der Waals surface area contributed by atoms with Crippen molar-refractivity contribution >= 4 is 29.4 Å². The van der Waals surface area contributed by atoms with Gasteiger partial charge in [0, 0.05) is 7.05 Å². The summed E-state index contributed by atoms with van der Waals surface area (Å²) in [4.78, 5) is 13.3. The highest BCUT2D eigenvalue weighted by molar-refractivity contribution is 6.99. The molecule has 0 spiro atoms. The number of nitrogens with zero attached hydrogens (tertiary/aromatic N) is 3. The smallest absolute Gasteiger partial charge is 0.410 e. The molecule has 96 valence electrons. The van der Waals surface area contributed by atoms with Crippen molar-refractivity contribution in [2.24, 2.45) is 0 Å². The van der Waals surface area contributed by atoms with E-state index >= 15 is 0 Å². The molecule has 0 aliphatic heterocycles. The van der Waals surface area contributed by atoms with Crippen molar-refractivity contribution in [3.63, 3.8) is 0 Å². The van der Waals surface area contributed by atoms with Crippen molar-refractivity contribution in [2.75, 3.05) is 7.05 Å². The summed E-state index contributed by atoms with van der Waals surface area (Å²) in [6, 6.07) is -0.268. The minimum atomic E-state index is -0.519. The third kappa shape index (κ3) is 3.81. The number of carbonyl (C=O) groups is 1. The van der Waals surface area contributed by atoms with Gasteiger partial charge in [-0.25, -0.2) is 4.79 Å². The highest BCUT2D eigenvalue weighted by Crippen LogP contribution is 2.25. The Morgan fingerprint density at radius 3 is 2.47 bits per heavy atom. The van der Waals surface area contributed by atoms with E-state index in [0.29, 0.717) is 10.8 Å². The Balaban J connectivity index is 2.74. The Hall–Kier alpha value is -0.880. The average molecular weight is 278 g/mol. The largest absolute Gasteiger partial charge is 0.444 e. The van der Waals surface area contributed by atoms with Crippen molar-refractivity contribution in [1.82, 2.24) is 13.6 Å². The van der Waals surface area contributed by atoms with Crippen LogP contribution in [0.4, 0.5) is 4.79 Å². The predicted octanol–water partition coefficient (Wildman–Crippen LogP) is 3.12. The molecule has 1 heterocycles. The summed E-state index contributed by atoms with van der Waals surface area (Å²) in [6.07, 6.45) is -0.408. The number of hydrogen-bond donors (Lipinski definition) is 0. The molecule has 1 aromatic rings. The summed E-state index contributed by atoms with van der Waals surface area (Å²) in [6.45, 7) is 7.29. The van der Waals surface area contributed by atoms with Crippen LogP contribution in [0.5, 0.6) is 0 Å². The zero-order valence-corrected chi connectivity index (χ0v) is 12.1. The van der Waals surface area contributed by atoms with E-state index in [1.54, 1.807) is 7.05 Å². The molecule has 1 amide bonds. The Bertz CT molecular complexity index is 403. The van der Waals surface area contributed by atoms with E-state index in [1.165, 1.54) is 4.90 Å². The van der Waals surface area contributed by atoms with Crippen LogP contribution in [-0.4, -0.2) is 32.4 Å². The number of hydrogen-bond acceptors (Lipinski definition) is 5. The van der Waals surface area contributed by atoms with Gasteiger partial charge in [-0.3, -0.25) is 0 Å². The van der Waals surface area contributed by atoms with E-state index in [1.807, 2.05) is 27.7 Å².